The third-order valence-corrected chi connectivity index (χ3v) is 12.1. The Bertz CT molecular complexity index is 2340. The first-order chi connectivity index (χ1) is 31.0. The molecule has 11 heteroatoms. The van der Waals surface area contributed by atoms with E-state index in [4.69, 9.17) is 28.4 Å². The van der Waals surface area contributed by atoms with Crippen LogP contribution < -0.4 is 0 Å². The first-order valence-electron chi connectivity index (χ1n) is 21.0. The maximum Gasteiger partial charge on any atom is 0.330 e. The molecule has 0 aliphatic carbocycles. The number of benzene rings is 6. The molecule has 0 aromatic heterocycles. The van der Waals surface area contributed by atoms with Gasteiger partial charge in [0, 0.05) is 5.75 Å². The molecular formula is C52H49NO9S. The van der Waals surface area contributed by atoms with E-state index in [0.717, 1.165) is 32.7 Å². The van der Waals surface area contributed by atoms with Crippen LogP contribution in [0.4, 0.5) is 0 Å². The predicted molar refractivity (Wildman–Crippen MR) is 239 cm³/mol. The molecule has 8 rings (SSSR count). The maximum absolute atomic E-state index is 14.2. The third kappa shape index (κ3) is 11.4. The number of amides is 2. The Morgan fingerprint density at radius 3 is 1.38 bits per heavy atom. The molecule has 6 aromatic rings. The van der Waals surface area contributed by atoms with E-state index in [9.17, 15) is 14.4 Å². The number of carbonyl (C=O) groups is 3. The van der Waals surface area contributed by atoms with E-state index in [-0.39, 0.29) is 49.9 Å². The second-order valence-corrected chi connectivity index (χ2v) is 16.4. The number of hydrogen-bond donors (Lipinski definition) is 0. The second kappa shape index (κ2) is 21.9. The highest BCUT2D eigenvalue weighted by atomic mass is 32.2. The fourth-order valence-corrected chi connectivity index (χ4v) is 8.93. The Morgan fingerprint density at radius 2 is 0.905 bits per heavy atom. The van der Waals surface area contributed by atoms with Crippen LogP contribution in [0, 0.1) is 0 Å². The highest BCUT2D eigenvalue weighted by molar-refractivity contribution is 7.99. The van der Waals surface area contributed by atoms with Crippen molar-refractivity contribution in [3.63, 3.8) is 0 Å². The zero-order chi connectivity index (χ0) is 43.2. The maximum atomic E-state index is 14.2. The SMILES string of the molecule is O=C(OCc1ccccc1)[C@H](CS[C@H]1O[C@H](COCc2ccccc2)[C@@H](OCc2ccccc2)[C@H](OCc2ccccc2)[C@H]1OCc1ccccc1)N1C(=O)c2ccccc2C1=O. The normalized spacial score (nSPS) is 20.0. The summed E-state index contributed by atoms with van der Waals surface area (Å²) in [6, 6.07) is 54.0. The van der Waals surface area contributed by atoms with Crippen LogP contribution in [0.15, 0.2) is 176 Å². The van der Waals surface area contributed by atoms with Crippen LogP contribution in [0.1, 0.15) is 48.5 Å². The topological polar surface area (TPSA) is 110 Å². The van der Waals surface area contributed by atoms with Gasteiger partial charge in [0.1, 0.15) is 42.5 Å². The van der Waals surface area contributed by atoms with Gasteiger partial charge < -0.3 is 28.4 Å². The lowest BCUT2D eigenvalue weighted by Crippen LogP contribution is -2.60. The number of carbonyl (C=O) groups excluding carboxylic acids is 3. The van der Waals surface area contributed by atoms with Crippen LogP contribution in [0.2, 0.25) is 0 Å². The van der Waals surface area contributed by atoms with Crippen molar-refractivity contribution in [3.05, 3.63) is 215 Å². The molecule has 63 heavy (non-hydrogen) atoms. The molecule has 1 fully saturated rings. The first-order valence-corrected chi connectivity index (χ1v) is 22.1. The number of esters is 1. The summed E-state index contributed by atoms with van der Waals surface area (Å²) in [5.41, 5.74) is 4.30. The molecule has 0 bridgehead atoms. The summed E-state index contributed by atoms with van der Waals surface area (Å²) < 4.78 is 39.8. The molecule has 322 valence electrons. The number of thioether (sulfide) groups is 1. The molecule has 2 aliphatic heterocycles. The average molecular weight is 864 g/mol. The van der Waals surface area contributed by atoms with Crippen LogP contribution in [-0.4, -0.2) is 70.9 Å². The van der Waals surface area contributed by atoms with Gasteiger partial charge in [0.15, 0.2) is 0 Å². The molecule has 10 nitrogen and oxygen atoms in total. The summed E-state index contributed by atoms with van der Waals surface area (Å²) in [7, 11) is 0. The minimum absolute atomic E-state index is 0.0383. The lowest BCUT2D eigenvalue weighted by atomic mass is 9.98. The van der Waals surface area contributed by atoms with Gasteiger partial charge in [-0.15, -0.1) is 11.8 Å². The zero-order valence-corrected chi connectivity index (χ0v) is 35.5. The lowest BCUT2D eigenvalue weighted by molar-refractivity contribution is -0.254. The van der Waals surface area contributed by atoms with E-state index in [1.807, 2.05) is 152 Å². The molecule has 2 amide bonds. The lowest BCUT2D eigenvalue weighted by Gasteiger charge is -2.46. The van der Waals surface area contributed by atoms with E-state index in [1.165, 1.54) is 11.8 Å². The number of rotatable bonds is 20. The fourth-order valence-electron chi connectivity index (χ4n) is 7.63. The number of ether oxygens (including phenoxy) is 6. The molecule has 2 heterocycles. The van der Waals surface area contributed by atoms with Crippen molar-refractivity contribution < 1.29 is 42.8 Å². The highest BCUT2D eigenvalue weighted by Gasteiger charge is 2.50. The van der Waals surface area contributed by atoms with Crippen LogP contribution in [0.5, 0.6) is 0 Å². The molecule has 0 radical (unpaired) electrons. The smallest absolute Gasteiger partial charge is 0.330 e. The summed E-state index contributed by atoms with van der Waals surface area (Å²) in [6.45, 7) is 1.18. The number of hydrogen-bond acceptors (Lipinski definition) is 10. The van der Waals surface area contributed by atoms with Gasteiger partial charge in [-0.25, -0.2) is 4.79 Å². The molecule has 6 aromatic carbocycles. The van der Waals surface area contributed by atoms with Gasteiger partial charge in [-0.2, -0.15) is 0 Å². The van der Waals surface area contributed by atoms with Gasteiger partial charge in [0.2, 0.25) is 0 Å². The Morgan fingerprint density at radius 1 is 0.508 bits per heavy atom. The van der Waals surface area contributed by atoms with Gasteiger partial charge in [-0.1, -0.05) is 164 Å². The Hall–Kier alpha value is -5.92. The highest BCUT2D eigenvalue weighted by Crippen LogP contribution is 2.37. The van der Waals surface area contributed by atoms with E-state index in [0.29, 0.717) is 6.61 Å². The molecular weight excluding hydrogens is 815 g/mol. The summed E-state index contributed by atoms with van der Waals surface area (Å²) >= 11 is 1.26. The van der Waals surface area contributed by atoms with Crippen molar-refractivity contribution in [1.29, 1.82) is 0 Å². The first kappa shape index (κ1) is 43.7. The molecule has 0 unspecified atom stereocenters. The Kier molecular flexibility index (Phi) is 15.2. The molecule has 6 atom stereocenters. The molecule has 0 N–H and O–H groups in total. The standard InChI is InChI=1S/C52H49NO9S/c54-49-42-28-16-17-29-43(42)50(55)53(49)44(51(56)61-34-41-26-14-5-15-27-41)36-63-52-48(60-33-40-24-12-4-13-25-40)47(59-32-39-22-10-3-11-23-39)46(58-31-38-20-8-2-9-21-38)45(62-52)35-57-30-37-18-6-1-7-19-37/h1-29,44-48,52H,30-36H2/t44-,45+,46+,47-,48+,52+/m0/s1. The van der Waals surface area contributed by atoms with Gasteiger partial charge in [-0.3, -0.25) is 14.5 Å². The van der Waals surface area contributed by atoms with Gasteiger partial charge in [-0.05, 0) is 39.9 Å². The van der Waals surface area contributed by atoms with Crippen molar-refractivity contribution in [2.24, 2.45) is 0 Å². The van der Waals surface area contributed by atoms with E-state index in [2.05, 4.69) is 0 Å². The van der Waals surface area contributed by atoms with Crippen LogP contribution in [0.25, 0.3) is 0 Å². The minimum Gasteiger partial charge on any atom is -0.459 e. The quantitative estimate of drug-likeness (QED) is 0.0546. The van der Waals surface area contributed by atoms with Crippen molar-refractivity contribution in [2.45, 2.75) is 68.9 Å². The van der Waals surface area contributed by atoms with Gasteiger partial charge in [0.05, 0.1) is 44.2 Å². The number of nitrogens with zero attached hydrogens (tertiary/aromatic N) is 1. The van der Waals surface area contributed by atoms with Crippen molar-refractivity contribution in [2.75, 3.05) is 12.4 Å². The third-order valence-electron chi connectivity index (χ3n) is 10.9. The second-order valence-electron chi connectivity index (χ2n) is 15.3. The van der Waals surface area contributed by atoms with Crippen LogP contribution >= 0.6 is 11.8 Å². The van der Waals surface area contributed by atoms with Crippen LogP contribution in [0.3, 0.4) is 0 Å². The van der Waals surface area contributed by atoms with E-state index >= 15 is 0 Å². The summed E-state index contributed by atoms with van der Waals surface area (Å²) in [4.78, 5) is 43.2. The fraction of sp³-hybridized carbons (Fsp3) is 0.250. The largest absolute Gasteiger partial charge is 0.459 e. The predicted octanol–water partition coefficient (Wildman–Crippen LogP) is 8.83. The molecule has 0 spiro atoms. The monoisotopic (exact) mass is 863 g/mol. The van der Waals surface area contributed by atoms with E-state index in [1.54, 1.807) is 24.3 Å². The Labute approximate surface area is 372 Å². The minimum atomic E-state index is -1.30. The average Bonchev–Trinajstić information content (AvgIpc) is 3.59. The van der Waals surface area contributed by atoms with Crippen molar-refractivity contribution in [3.8, 4) is 0 Å². The molecule has 2 aliphatic rings. The number of imide groups is 1. The van der Waals surface area contributed by atoms with Gasteiger partial charge >= 0.3 is 5.97 Å². The number of fused-ring (bicyclic) bond motifs is 1. The van der Waals surface area contributed by atoms with Crippen LogP contribution in [-0.2, 0) is 66.3 Å². The van der Waals surface area contributed by atoms with E-state index < -0.39 is 53.7 Å². The summed E-state index contributed by atoms with van der Waals surface area (Å²) in [5, 5.41) is 0. The molecule has 1 saturated heterocycles. The van der Waals surface area contributed by atoms with Crippen molar-refractivity contribution >= 4 is 29.5 Å². The molecule has 0 saturated carbocycles. The summed E-state index contributed by atoms with van der Waals surface area (Å²) in [5.74, 6) is -1.91. The van der Waals surface area contributed by atoms with Gasteiger partial charge in [0.25, 0.3) is 11.8 Å². The zero-order valence-electron chi connectivity index (χ0n) is 34.7. The summed E-state index contributed by atoms with van der Waals surface area (Å²) in [6.07, 6.45) is -2.83. The van der Waals surface area contributed by atoms with Crippen molar-refractivity contribution in [1.82, 2.24) is 4.90 Å². The Balaban J connectivity index is 1.13.